The van der Waals surface area contributed by atoms with Gasteiger partial charge in [-0.25, -0.2) is 4.98 Å². The molecule has 0 unspecified atom stereocenters. The predicted octanol–water partition coefficient (Wildman–Crippen LogP) is 4.20. The van der Waals surface area contributed by atoms with Gasteiger partial charge in [-0.2, -0.15) is 13.2 Å². The van der Waals surface area contributed by atoms with E-state index in [0.717, 1.165) is 12.1 Å². The number of aromatic nitrogens is 3. The Labute approximate surface area is 120 Å². The Bertz CT molecular complexity index is 766. The van der Waals surface area contributed by atoms with Crippen molar-refractivity contribution in [2.75, 3.05) is 0 Å². The molecule has 0 saturated heterocycles. The van der Waals surface area contributed by atoms with E-state index in [0.29, 0.717) is 21.2 Å². The van der Waals surface area contributed by atoms with E-state index in [1.54, 1.807) is 10.8 Å². The molecule has 3 aromatic rings. The minimum atomic E-state index is -4.38. The number of halogens is 4. The topological polar surface area (TPSA) is 30.7 Å². The summed E-state index contributed by atoms with van der Waals surface area (Å²) in [6.07, 6.45) is 1.78. The van der Waals surface area contributed by atoms with Gasteiger partial charge in [0.1, 0.15) is 0 Å². The summed E-state index contributed by atoms with van der Waals surface area (Å²) < 4.78 is 40.7. The van der Waals surface area contributed by atoms with Gasteiger partial charge >= 0.3 is 6.18 Å². The first-order valence-electron chi connectivity index (χ1n) is 5.61. The molecule has 3 rings (SSSR count). The second-order valence-corrected chi connectivity index (χ2v) is 4.99. The van der Waals surface area contributed by atoms with Crippen molar-refractivity contribution >= 4 is 26.8 Å². The Morgan fingerprint density at radius 3 is 2.60 bits per heavy atom. The lowest BCUT2D eigenvalue weighted by atomic mass is 10.1. The molecule has 1 aromatic carbocycles. The van der Waals surface area contributed by atoms with Crippen molar-refractivity contribution in [2.45, 2.75) is 6.18 Å². The van der Waals surface area contributed by atoms with Gasteiger partial charge in [0.2, 0.25) is 0 Å². The second kappa shape index (κ2) is 4.59. The van der Waals surface area contributed by atoms with Crippen LogP contribution in [-0.2, 0) is 6.18 Å². The summed E-state index contributed by atoms with van der Waals surface area (Å²) in [6, 6.07) is 3.61. The fourth-order valence-corrected chi connectivity index (χ4v) is 2.51. The van der Waals surface area contributed by atoms with Crippen LogP contribution in [0, 0.1) is 0 Å². The lowest BCUT2D eigenvalue weighted by molar-refractivity contribution is -0.137. The van der Waals surface area contributed by atoms with Gasteiger partial charge in [-0.05, 0) is 28.1 Å². The van der Waals surface area contributed by atoms with Crippen LogP contribution >= 0.6 is 15.9 Å². The number of nitrogens with zero attached hydrogens (tertiary/aromatic N) is 3. The molecule has 2 aromatic heterocycles. The van der Waals surface area contributed by atoms with Crippen molar-refractivity contribution in [3.8, 4) is 5.82 Å². The summed E-state index contributed by atoms with van der Waals surface area (Å²) >= 11 is 3.34. The highest BCUT2D eigenvalue weighted by atomic mass is 79.9. The van der Waals surface area contributed by atoms with Crippen molar-refractivity contribution in [1.82, 2.24) is 14.5 Å². The molecule has 0 spiro atoms. The number of hydrogen-bond acceptors (Lipinski definition) is 2. The molecule has 20 heavy (non-hydrogen) atoms. The first kappa shape index (κ1) is 13.1. The molecule has 0 radical (unpaired) electrons. The van der Waals surface area contributed by atoms with Gasteiger partial charge in [0.25, 0.3) is 0 Å². The van der Waals surface area contributed by atoms with Crippen molar-refractivity contribution in [3.63, 3.8) is 0 Å². The van der Waals surface area contributed by atoms with Gasteiger partial charge in [0, 0.05) is 28.4 Å². The van der Waals surface area contributed by atoms with E-state index < -0.39 is 11.7 Å². The van der Waals surface area contributed by atoms with Crippen LogP contribution in [0.25, 0.3) is 16.7 Å². The van der Waals surface area contributed by atoms with Crippen LogP contribution < -0.4 is 0 Å². The zero-order chi connectivity index (χ0) is 14.3. The highest BCUT2D eigenvalue weighted by molar-refractivity contribution is 9.10. The van der Waals surface area contributed by atoms with Gasteiger partial charge in [0.05, 0.1) is 17.3 Å². The average Bonchev–Trinajstić information content (AvgIpc) is 2.76. The maximum absolute atomic E-state index is 12.8. The minimum absolute atomic E-state index is 0.423. The quantitative estimate of drug-likeness (QED) is 0.664. The van der Waals surface area contributed by atoms with Crippen LogP contribution in [0.4, 0.5) is 13.2 Å². The zero-order valence-electron chi connectivity index (χ0n) is 9.89. The van der Waals surface area contributed by atoms with Gasteiger partial charge < -0.3 is 0 Å². The molecule has 0 saturated carbocycles. The highest BCUT2D eigenvalue weighted by Gasteiger charge is 2.31. The second-order valence-electron chi connectivity index (χ2n) is 4.14. The molecule has 0 bridgehead atoms. The first-order chi connectivity index (χ1) is 9.47. The standard InChI is InChI=1S/C13H7BrF3N3/c14-10-7-20(12-6-18-3-4-19-12)11-5-8(13(15,16)17)1-2-9(10)11/h1-7H. The fourth-order valence-electron chi connectivity index (χ4n) is 1.97. The average molecular weight is 342 g/mol. The summed E-state index contributed by atoms with van der Waals surface area (Å²) in [4.78, 5) is 8.03. The summed E-state index contributed by atoms with van der Waals surface area (Å²) in [5.41, 5.74) is -0.270. The molecule has 0 fully saturated rings. The summed E-state index contributed by atoms with van der Waals surface area (Å²) in [5, 5.41) is 0.684. The Hall–Kier alpha value is -1.89. The molecule has 0 aliphatic carbocycles. The number of hydrogen-bond donors (Lipinski definition) is 0. The third-order valence-corrected chi connectivity index (χ3v) is 3.51. The third-order valence-electron chi connectivity index (χ3n) is 2.88. The SMILES string of the molecule is FC(F)(F)c1ccc2c(Br)cn(-c3cnccn3)c2c1. The molecular weight excluding hydrogens is 335 g/mol. The number of alkyl halides is 3. The zero-order valence-corrected chi connectivity index (χ0v) is 11.5. The first-order valence-corrected chi connectivity index (χ1v) is 6.40. The molecule has 7 heteroatoms. The van der Waals surface area contributed by atoms with Crippen LogP contribution in [0.5, 0.6) is 0 Å². The third kappa shape index (κ3) is 2.18. The molecule has 102 valence electrons. The molecule has 2 heterocycles. The Balaban J connectivity index is 2.28. The van der Waals surface area contributed by atoms with Crippen LogP contribution in [0.15, 0.2) is 47.5 Å². The molecule has 0 aliphatic rings. The van der Waals surface area contributed by atoms with E-state index >= 15 is 0 Å². The molecule has 0 atom stereocenters. The van der Waals surface area contributed by atoms with Crippen LogP contribution in [0.1, 0.15) is 5.56 Å². The van der Waals surface area contributed by atoms with E-state index in [-0.39, 0.29) is 0 Å². The lowest BCUT2D eigenvalue weighted by Gasteiger charge is -2.08. The molecular formula is C13H7BrF3N3. The van der Waals surface area contributed by atoms with Crippen molar-refractivity contribution in [1.29, 1.82) is 0 Å². The van der Waals surface area contributed by atoms with Crippen LogP contribution in [0.2, 0.25) is 0 Å². The Morgan fingerprint density at radius 2 is 1.95 bits per heavy atom. The van der Waals surface area contributed by atoms with E-state index in [1.165, 1.54) is 24.7 Å². The van der Waals surface area contributed by atoms with E-state index in [9.17, 15) is 13.2 Å². The number of rotatable bonds is 1. The summed E-state index contributed by atoms with van der Waals surface area (Å²) in [6.45, 7) is 0. The van der Waals surface area contributed by atoms with Crippen molar-refractivity contribution in [3.05, 3.63) is 53.0 Å². The maximum atomic E-state index is 12.8. The number of benzene rings is 1. The van der Waals surface area contributed by atoms with E-state index in [1.807, 2.05) is 0 Å². The monoisotopic (exact) mass is 341 g/mol. The molecule has 3 nitrogen and oxygen atoms in total. The maximum Gasteiger partial charge on any atom is 0.416 e. The van der Waals surface area contributed by atoms with E-state index in [2.05, 4.69) is 25.9 Å². The largest absolute Gasteiger partial charge is 0.416 e. The number of fused-ring (bicyclic) bond motifs is 1. The summed E-state index contributed by atoms with van der Waals surface area (Å²) in [7, 11) is 0. The van der Waals surface area contributed by atoms with Crippen molar-refractivity contribution in [2.24, 2.45) is 0 Å². The predicted molar refractivity (Wildman–Crippen MR) is 71.6 cm³/mol. The van der Waals surface area contributed by atoms with Gasteiger partial charge in [0.15, 0.2) is 5.82 Å². The molecule has 0 amide bonds. The fraction of sp³-hybridized carbons (Fsp3) is 0.0769. The molecule has 0 aliphatic heterocycles. The smallest absolute Gasteiger partial charge is 0.299 e. The van der Waals surface area contributed by atoms with E-state index in [4.69, 9.17) is 0 Å². The summed E-state index contributed by atoms with van der Waals surface area (Å²) in [5.74, 6) is 0.461. The lowest BCUT2D eigenvalue weighted by Crippen LogP contribution is -2.05. The normalized spacial score (nSPS) is 12.0. The van der Waals surface area contributed by atoms with Gasteiger partial charge in [-0.1, -0.05) is 6.07 Å². The van der Waals surface area contributed by atoms with Gasteiger partial charge in [-0.3, -0.25) is 9.55 Å². The highest BCUT2D eigenvalue weighted by Crippen LogP contribution is 2.35. The Kier molecular flexibility index (Phi) is 3.01. The molecule has 0 N–H and O–H groups in total. The van der Waals surface area contributed by atoms with Crippen LogP contribution in [-0.4, -0.2) is 14.5 Å². The Morgan fingerprint density at radius 1 is 1.15 bits per heavy atom. The van der Waals surface area contributed by atoms with Crippen LogP contribution in [0.3, 0.4) is 0 Å². The minimum Gasteiger partial charge on any atom is -0.299 e. The van der Waals surface area contributed by atoms with Crippen molar-refractivity contribution < 1.29 is 13.2 Å². The van der Waals surface area contributed by atoms with Gasteiger partial charge in [-0.15, -0.1) is 0 Å².